The number of hydrogen-bond acceptors (Lipinski definition) is 6. The normalized spacial score (nSPS) is 12.6. The molecule has 0 saturated carbocycles. The molecule has 1 aliphatic heterocycles. The average Bonchev–Trinajstić information content (AvgIpc) is 4.01. The van der Waals surface area contributed by atoms with Gasteiger partial charge in [0.15, 0.2) is 5.54 Å². The second kappa shape index (κ2) is 15.8. The molecule has 10 rings (SSSR count). The maximum absolute atomic E-state index is 13.3. The molecule has 2 amide bonds. The summed E-state index contributed by atoms with van der Waals surface area (Å²) in [4.78, 5) is 34.7. The van der Waals surface area contributed by atoms with Gasteiger partial charge < -0.3 is 4.57 Å². The van der Waals surface area contributed by atoms with Gasteiger partial charge in [0, 0.05) is 18.5 Å². The predicted molar refractivity (Wildman–Crippen MR) is 238 cm³/mol. The summed E-state index contributed by atoms with van der Waals surface area (Å²) < 4.78 is 2.25. The predicted octanol–water partition coefficient (Wildman–Crippen LogP) is 10.4. The summed E-state index contributed by atoms with van der Waals surface area (Å²) in [5.41, 5.74) is 9.27. The summed E-state index contributed by atoms with van der Waals surface area (Å²) >= 11 is 0. The maximum Gasteiger partial charge on any atom is 0.266 e. The van der Waals surface area contributed by atoms with Crippen molar-refractivity contribution in [1.29, 1.82) is 0 Å². The number of imide groups is 1. The first-order valence-electron chi connectivity index (χ1n) is 20.7. The van der Waals surface area contributed by atoms with Gasteiger partial charge in [-0.05, 0) is 75.3 Å². The molecule has 9 aromatic rings. The Morgan fingerprint density at radius 1 is 0.574 bits per heavy atom. The zero-order valence-electron chi connectivity index (χ0n) is 33.6. The lowest BCUT2D eigenvalue weighted by molar-refractivity contribution is 0.0926. The molecule has 9 heteroatoms. The third-order valence-electron chi connectivity index (χ3n) is 11.7. The molecule has 0 radical (unpaired) electrons. The summed E-state index contributed by atoms with van der Waals surface area (Å²) in [6.07, 6.45) is 2.84. The van der Waals surface area contributed by atoms with Crippen molar-refractivity contribution >= 4 is 28.5 Å². The van der Waals surface area contributed by atoms with Crippen molar-refractivity contribution in [3.63, 3.8) is 0 Å². The largest absolute Gasteiger partial charge is 0.323 e. The van der Waals surface area contributed by atoms with Crippen molar-refractivity contribution in [3.8, 4) is 22.5 Å². The number of aryl methyl sites for hydroxylation is 1. The molecule has 0 atom stereocenters. The van der Waals surface area contributed by atoms with Gasteiger partial charge in [-0.25, -0.2) is 9.88 Å². The Morgan fingerprint density at radius 2 is 1.11 bits per heavy atom. The average molecular weight is 796 g/mol. The van der Waals surface area contributed by atoms with Gasteiger partial charge in [0.2, 0.25) is 5.82 Å². The minimum absolute atomic E-state index is 0.313. The number of anilines is 1. The molecule has 3 heterocycles. The summed E-state index contributed by atoms with van der Waals surface area (Å²) in [5.74, 6) is 0.870. The van der Waals surface area contributed by atoms with Crippen LogP contribution in [0.4, 0.5) is 5.69 Å². The van der Waals surface area contributed by atoms with E-state index < -0.39 is 5.54 Å². The number of imidazole rings is 1. The van der Waals surface area contributed by atoms with E-state index in [1.165, 1.54) is 4.90 Å². The van der Waals surface area contributed by atoms with Crippen LogP contribution < -0.4 is 4.90 Å². The van der Waals surface area contributed by atoms with Crippen molar-refractivity contribution in [1.82, 2.24) is 29.8 Å². The van der Waals surface area contributed by atoms with Crippen molar-refractivity contribution in [3.05, 3.63) is 221 Å². The molecule has 0 saturated heterocycles. The summed E-state index contributed by atoms with van der Waals surface area (Å²) in [6, 6.07) is 60.5. The van der Waals surface area contributed by atoms with Crippen LogP contribution in [0.3, 0.4) is 0 Å². The van der Waals surface area contributed by atoms with Crippen LogP contribution in [0.2, 0.25) is 0 Å². The molecular formula is C52H41N7O2. The summed E-state index contributed by atoms with van der Waals surface area (Å²) in [5, 5.41) is 14.7. The number of carbonyl (C=O) groups excluding carboxylic acids is 2. The highest BCUT2D eigenvalue weighted by molar-refractivity contribution is 6.34. The highest BCUT2D eigenvalue weighted by atomic mass is 16.2. The van der Waals surface area contributed by atoms with Gasteiger partial charge in [0.1, 0.15) is 5.82 Å². The van der Waals surface area contributed by atoms with Crippen LogP contribution in [0.15, 0.2) is 182 Å². The van der Waals surface area contributed by atoms with Crippen molar-refractivity contribution in [2.45, 2.75) is 38.3 Å². The summed E-state index contributed by atoms with van der Waals surface area (Å²) in [7, 11) is 0. The van der Waals surface area contributed by atoms with E-state index in [2.05, 4.69) is 78.2 Å². The fourth-order valence-corrected chi connectivity index (χ4v) is 8.68. The van der Waals surface area contributed by atoms with Crippen LogP contribution in [0.5, 0.6) is 0 Å². The van der Waals surface area contributed by atoms with E-state index in [0.717, 1.165) is 75.1 Å². The van der Waals surface area contributed by atoms with Crippen molar-refractivity contribution in [2.24, 2.45) is 0 Å². The lowest BCUT2D eigenvalue weighted by atomic mass is 9.77. The van der Waals surface area contributed by atoms with E-state index >= 15 is 0 Å². The van der Waals surface area contributed by atoms with Crippen LogP contribution in [0, 0.1) is 0 Å². The molecule has 0 bridgehead atoms. The number of unbranched alkanes of at least 4 members (excludes halogenated alkanes) is 1. The fourth-order valence-electron chi connectivity index (χ4n) is 8.68. The maximum atomic E-state index is 13.3. The first-order chi connectivity index (χ1) is 30.0. The zero-order valence-corrected chi connectivity index (χ0v) is 33.6. The molecule has 0 unspecified atom stereocenters. The van der Waals surface area contributed by atoms with Crippen LogP contribution in [0.25, 0.3) is 33.5 Å². The SMILES string of the molecule is CCCCc1nc2cc(N3C(=O)c4ccccc4C3=O)ccc2n1Cc1ccc(-c2ccccc2-c2nnn(C(c3ccccc3)(c3ccccc3)c3ccccc3)n2)cc1. The van der Waals surface area contributed by atoms with Crippen LogP contribution in [0.1, 0.15) is 68.6 Å². The van der Waals surface area contributed by atoms with Gasteiger partial charge >= 0.3 is 0 Å². The standard InChI is InChI=1S/C52H41N7O2/c1-2-3-27-48-53-46-34-41(58-50(60)44-25-15-16-26-45(44)51(58)61)32-33-47(46)57(48)35-36-28-30-37(31-29-36)42-23-13-14-24-43(42)49-54-56-59(55-49)52(38-17-7-4-8-18-38,39-19-9-5-10-20-39)40-21-11-6-12-22-40/h4-26,28-34H,2-3,27,35H2,1H3. The highest BCUT2D eigenvalue weighted by Gasteiger charge is 2.41. The molecule has 0 fully saturated rings. The molecule has 296 valence electrons. The summed E-state index contributed by atoms with van der Waals surface area (Å²) in [6.45, 7) is 2.78. The topological polar surface area (TPSA) is 98.8 Å². The van der Waals surface area contributed by atoms with Gasteiger partial charge in [-0.3, -0.25) is 9.59 Å². The smallest absolute Gasteiger partial charge is 0.266 e. The van der Waals surface area contributed by atoms with E-state index in [-0.39, 0.29) is 11.8 Å². The number of nitrogens with zero attached hydrogens (tertiary/aromatic N) is 7. The zero-order chi connectivity index (χ0) is 41.3. The van der Waals surface area contributed by atoms with Crippen LogP contribution in [-0.2, 0) is 18.5 Å². The first kappa shape index (κ1) is 37.5. The minimum atomic E-state index is -0.879. The number of tetrazole rings is 1. The Morgan fingerprint density at radius 3 is 1.69 bits per heavy atom. The number of carbonyl (C=O) groups is 2. The van der Waals surface area contributed by atoms with E-state index in [9.17, 15) is 9.59 Å². The van der Waals surface area contributed by atoms with E-state index in [1.54, 1.807) is 29.1 Å². The van der Waals surface area contributed by atoms with Gasteiger partial charge in [0.05, 0.1) is 27.8 Å². The quantitative estimate of drug-likeness (QED) is 0.0902. The molecule has 0 N–H and O–H groups in total. The Hall–Kier alpha value is -7.78. The lowest BCUT2D eigenvalue weighted by Gasteiger charge is -2.34. The number of rotatable bonds is 12. The Balaban J connectivity index is 0.980. The number of aromatic nitrogens is 6. The van der Waals surface area contributed by atoms with Gasteiger partial charge in [-0.15, -0.1) is 15.0 Å². The fraction of sp³-hybridized carbons (Fsp3) is 0.115. The van der Waals surface area contributed by atoms with Crippen molar-refractivity contribution < 1.29 is 9.59 Å². The first-order valence-corrected chi connectivity index (χ1v) is 20.7. The molecule has 1 aliphatic rings. The van der Waals surface area contributed by atoms with E-state index in [4.69, 9.17) is 20.4 Å². The van der Waals surface area contributed by atoms with E-state index in [0.29, 0.717) is 29.2 Å². The molecule has 9 nitrogen and oxygen atoms in total. The Kier molecular flexibility index (Phi) is 9.69. The number of fused-ring (bicyclic) bond motifs is 2. The molecular weight excluding hydrogens is 755 g/mol. The lowest BCUT2D eigenvalue weighted by Crippen LogP contribution is -2.39. The third kappa shape index (κ3) is 6.51. The number of amides is 2. The number of benzene rings is 7. The van der Waals surface area contributed by atoms with Gasteiger partial charge in [0.25, 0.3) is 11.8 Å². The molecule has 61 heavy (non-hydrogen) atoms. The monoisotopic (exact) mass is 795 g/mol. The van der Waals surface area contributed by atoms with Gasteiger partial charge in [-0.1, -0.05) is 165 Å². The van der Waals surface area contributed by atoms with Crippen LogP contribution in [-0.4, -0.2) is 41.6 Å². The van der Waals surface area contributed by atoms with Crippen molar-refractivity contribution in [2.75, 3.05) is 4.90 Å². The Bertz CT molecular complexity index is 2900. The molecule has 2 aromatic heterocycles. The second-order valence-corrected chi connectivity index (χ2v) is 15.3. The van der Waals surface area contributed by atoms with E-state index in [1.807, 2.05) is 91.0 Å². The molecule has 0 spiro atoms. The molecule has 7 aromatic carbocycles. The second-order valence-electron chi connectivity index (χ2n) is 15.3. The third-order valence-corrected chi connectivity index (χ3v) is 11.7. The number of hydrogen-bond donors (Lipinski definition) is 0. The Labute approximate surface area is 353 Å². The van der Waals surface area contributed by atoms with Crippen LogP contribution >= 0.6 is 0 Å². The highest BCUT2D eigenvalue weighted by Crippen LogP contribution is 2.41. The molecule has 0 aliphatic carbocycles. The minimum Gasteiger partial charge on any atom is -0.323 e. The van der Waals surface area contributed by atoms with Gasteiger partial charge in [-0.2, -0.15) is 0 Å².